The molecule has 4 aromatic heterocycles. The lowest BCUT2D eigenvalue weighted by molar-refractivity contribution is 0.509. The molecule has 0 bridgehead atoms. The van der Waals surface area contributed by atoms with Crippen molar-refractivity contribution in [3.05, 3.63) is 45.8 Å². The molecular formula is C26H32ClN9O2. The molecule has 0 unspecified atom stereocenters. The van der Waals surface area contributed by atoms with Crippen molar-refractivity contribution in [3.63, 3.8) is 0 Å². The summed E-state index contributed by atoms with van der Waals surface area (Å²) in [6, 6.07) is 2.08. The number of nitrogens with one attached hydrogen (secondary N) is 2. The molecule has 0 atom stereocenters. The lowest BCUT2D eigenvalue weighted by Gasteiger charge is -2.30. The van der Waals surface area contributed by atoms with Gasteiger partial charge in [-0.1, -0.05) is 12.8 Å². The number of anilines is 3. The van der Waals surface area contributed by atoms with Crippen molar-refractivity contribution in [1.29, 1.82) is 0 Å². The summed E-state index contributed by atoms with van der Waals surface area (Å²) < 4.78 is 7.47. The molecule has 0 amide bonds. The summed E-state index contributed by atoms with van der Waals surface area (Å²) in [6.07, 6.45) is 7.70. The largest absolute Gasteiger partial charge is 0.421 e. The van der Waals surface area contributed by atoms with Crippen molar-refractivity contribution in [1.82, 2.24) is 35.0 Å². The topological polar surface area (TPSA) is 127 Å². The Morgan fingerprint density at radius 3 is 2.50 bits per heavy atom. The van der Waals surface area contributed by atoms with Crippen LogP contribution in [-0.4, -0.2) is 55.9 Å². The quantitative estimate of drug-likeness (QED) is 0.387. The van der Waals surface area contributed by atoms with Gasteiger partial charge >= 0.3 is 0 Å². The average molecular weight is 538 g/mol. The van der Waals surface area contributed by atoms with Gasteiger partial charge in [0, 0.05) is 50.7 Å². The first kappa shape index (κ1) is 26.1. The van der Waals surface area contributed by atoms with Crippen molar-refractivity contribution >= 4 is 40.9 Å². The third kappa shape index (κ3) is 4.71. The van der Waals surface area contributed by atoms with Gasteiger partial charge in [0.1, 0.15) is 17.0 Å². The number of hydrogen-bond acceptors (Lipinski definition) is 10. The molecule has 5 heterocycles. The first-order chi connectivity index (χ1) is 18.0. The summed E-state index contributed by atoms with van der Waals surface area (Å²) in [5.74, 6) is 1.73. The molecule has 4 aromatic rings. The van der Waals surface area contributed by atoms with Gasteiger partial charge in [-0.25, -0.2) is 9.97 Å². The van der Waals surface area contributed by atoms with Crippen LogP contribution < -0.4 is 21.1 Å². The molecule has 1 saturated carbocycles. The molecule has 200 valence electrons. The van der Waals surface area contributed by atoms with Gasteiger partial charge in [-0.05, 0) is 43.9 Å². The summed E-state index contributed by atoms with van der Waals surface area (Å²) in [4.78, 5) is 30.2. The molecule has 1 aliphatic carbocycles. The van der Waals surface area contributed by atoms with Crippen molar-refractivity contribution in [3.8, 4) is 11.5 Å². The van der Waals surface area contributed by atoms with E-state index in [1.165, 1.54) is 0 Å². The van der Waals surface area contributed by atoms with Crippen LogP contribution in [0, 0.1) is 20.8 Å². The van der Waals surface area contributed by atoms with Crippen LogP contribution in [0.25, 0.3) is 22.5 Å². The maximum atomic E-state index is 13.8. The van der Waals surface area contributed by atoms with Gasteiger partial charge in [-0.3, -0.25) is 9.36 Å². The van der Waals surface area contributed by atoms with E-state index >= 15 is 0 Å². The highest BCUT2D eigenvalue weighted by molar-refractivity contribution is 5.86. The van der Waals surface area contributed by atoms with E-state index in [0.717, 1.165) is 74.1 Å². The fourth-order valence-electron chi connectivity index (χ4n) is 5.51. The summed E-state index contributed by atoms with van der Waals surface area (Å²) in [6.45, 7) is 9.57. The maximum absolute atomic E-state index is 13.8. The number of fused-ring (bicyclic) bond motifs is 1. The van der Waals surface area contributed by atoms with Crippen LogP contribution in [0.1, 0.15) is 48.7 Å². The predicted octanol–water partition coefficient (Wildman–Crippen LogP) is 3.85. The molecular weight excluding hydrogens is 506 g/mol. The minimum Gasteiger partial charge on any atom is -0.421 e. The van der Waals surface area contributed by atoms with Crippen molar-refractivity contribution < 1.29 is 4.42 Å². The second kappa shape index (κ2) is 10.7. The Kier molecular flexibility index (Phi) is 7.31. The van der Waals surface area contributed by atoms with E-state index in [4.69, 9.17) is 9.40 Å². The van der Waals surface area contributed by atoms with Gasteiger partial charge in [-0.15, -0.1) is 22.6 Å². The van der Waals surface area contributed by atoms with Crippen LogP contribution in [0.2, 0.25) is 0 Å². The SMILES string of the molecule is Cc1nnc(-c2c(C)c3cnc(Nc4cc(C)c(N5CCNCC5)cn4)nc3n(C3CCCC3)c2=O)o1.Cl. The Bertz CT molecular complexity index is 1520. The summed E-state index contributed by atoms with van der Waals surface area (Å²) >= 11 is 0. The zero-order valence-electron chi connectivity index (χ0n) is 21.8. The Morgan fingerprint density at radius 2 is 1.82 bits per heavy atom. The van der Waals surface area contributed by atoms with Gasteiger partial charge in [0.2, 0.25) is 11.8 Å². The molecule has 2 N–H and O–H groups in total. The van der Waals surface area contributed by atoms with Crippen molar-refractivity contribution in [2.75, 3.05) is 36.4 Å². The molecule has 2 aliphatic rings. The van der Waals surface area contributed by atoms with E-state index in [1.807, 2.05) is 23.8 Å². The molecule has 0 aromatic carbocycles. The number of halogens is 1. The zero-order chi connectivity index (χ0) is 25.5. The number of aromatic nitrogens is 6. The fraction of sp³-hybridized carbons (Fsp3) is 0.462. The lowest BCUT2D eigenvalue weighted by Crippen LogP contribution is -2.43. The standard InChI is InChI=1S/C26H31N9O2.ClH/c1-15-12-21(28-14-20(15)34-10-8-27-9-11-34)30-26-29-13-19-16(2)22(24-33-32-17(3)37-24)25(36)35(23(19)31-26)18-6-4-5-7-18;/h12-14,18,27H,4-11H2,1-3H3,(H,28,29,30,31);1H. The Balaban J connectivity index is 0.00000294. The number of nitrogens with zero attached hydrogens (tertiary/aromatic N) is 7. The number of aryl methyl sites for hydroxylation is 3. The molecule has 1 aliphatic heterocycles. The number of hydrogen-bond donors (Lipinski definition) is 2. The second-order valence-corrected chi connectivity index (χ2v) is 9.89. The van der Waals surface area contributed by atoms with E-state index in [2.05, 4.69) is 42.6 Å². The van der Waals surface area contributed by atoms with E-state index in [0.29, 0.717) is 28.9 Å². The van der Waals surface area contributed by atoms with Gasteiger partial charge in [0.15, 0.2) is 0 Å². The van der Waals surface area contributed by atoms with Crippen LogP contribution in [0.5, 0.6) is 0 Å². The van der Waals surface area contributed by atoms with Gasteiger partial charge < -0.3 is 20.0 Å². The zero-order valence-corrected chi connectivity index (χ0v) is 22.6. The predicted molar refractivity (Wildman–Crippen MR) is 149 cm³/mol. The van der Waals surface area contributed by atoms with Gasteiger partial charge in [0.05, 0.1) is 11.9 Å². The minimum absolute atomic E-state index is 0. The number of pyridine rings is 2. The Labute approximate surface area is 226 Å². The first-order valence-corrected chi connectivity index (χ1v) is 12.9. The molecule has 2 fully saturated rings. The maximum Gasteiger partial charge on any atom is 0.265 e. The monoisotopic (exact) mass is 537 g/mol. The molecule has 12 heteroatoms. The van der Waals surface area contributed by atoms with Crippen LogP contribution >= 0.6 is 12.4 Å². The highest BCUT2D eigenvalue weighted by atomic mass is 35.5. The molecule has 0 spiro atoms. The van der Waals surface area contributed by atoms with E-state index < -0.39 is 0 Å². The number of piperazine rings is 1. The average Bonchev–Trinajstić information content (AvgIpc) is 3.57. The minimum atomic E-state index is -0.153. The molecule has 6 rings (SSSR count). The van der Waals surface area contributed by atoms with E-state index in [9.17, 15) is 4.79 Å². The highest BCUT2D eigenvalue weighted by Crippen LogP contribution is 2.34. The Morgan fingerprint density at radius 1 is 1.05 bits per heavy atom. The van der Waals surface area contributed by atoms with E-state index in [-0.39, 0.29) is 29.9 Å². The van der Waals surface area contributed by atoms with Gasteiger partial charge in [0.25, 0.3) is 11.4 Å². The normalized spacial score (nSPS) is 16.1. The van der Waals surface area contributed by atoms with Crippen LogP contribution in [0.4, 0.5) is 17.5 Å². The summed E-state index contributed by atoms with van der Waals surface area (Å²) in [5, 5.41) is 15.5. The second-order valence-electron chi connectivity index (χ2n) is 9.89. The van der Waals surface area contributed by atoms with E-state index in [1.54, 1.807) is 13.1 Å². The lowest BCUT2D eigenvalue weighted by atomic mass is 10.1. The molecule has 0 radical (unpaired) electrons. The van der Waals surface area contributed by atoms with Crippen molar-refractivity contribution in [2.24, 2.45) is 0 Å². The van der Waals surface area contributed by atoms with Gasteiger partial charge in [-0.2, -0.15) is 4.98 Å². The third-order valence-electron chi connectivity index (χ3n) is 7.42. The summed E-state index contributed by atoms with van der Waals surface area (Å²) in [7, 11) is 0. The van der Waals surface area contributed by atoms with Crippen LogP contribution in [-0.2, 0) is 0 Å². The van der Waals surface area contributed by atoms with Crippen LogP contribution in [0.3, 0.4) is 0 Å². The number of rotatable bonds is 5. The third-order valence-corrected chi connectivity index (χ3v) is 7.42. The molecule has 1 saturated heterocycles. The van der Waals surface area contributed by atoms with Crippen molar-refractivity contribution in [2.45, 2.75) is 52.5 Å². The molecule has 11 nitrogen and oxygen atoms in total. The highest BCUT2D eigenvalue weighted by Gasteiger charge is 2.27. The summed E-state index contributed by atoms with van der Waals surface area (Å²) in [5.41, 5.74) is 3.89. The Hall–Kier alpha value is -3.57. The van der Waals surface area contributed by atoms with Crippen LogP contribution in [0.15, 0.2) is 27.7 Å². The molecule has 38 heavy (non-hydrogen) atoms. The smallest absolute Gasteiger partial charge is 0.265 e. The fourth-order valence-corrected chi connectivity index (χ4v) is 5.51. The first-order valence-electron chi connectivity index (χ1n) is 12.9.